The van der Waals surface area contributed by atoms with Crippen molar-refractivity contribution in [2.75, 3.05) is 5.32 Å². The predicted octanol–water partition coefficient (Wildman–Crippen LogP) is 4.46. The molecule has 0 fully saturated rings. The molecule has 25 heavy (non-hydrogen) atoms. The van der Waals surface area contributed by atoms with Gasteiger partial charge in [-0.2, -0.15) is 0 Å². The average molecular weight is 373 g/mol. The summed E-state index contributed by atoms with van der Waals surface area (Å²) in [6.45, 7) is 0.359. The Hall–Kier alpha value is -2.56. The maximum Gasteiger partial charge on any atom is 0.257 e. The number of aromatic nitrogens is 1. The summed E-state index contributed by atoms with van der Waals surface area (Å²) in [4.78, 5) is 24.4. The van der Waals surface area contributed by atoms with Crippen LogP contribution in [0.2, 0.25) is 10.0 Å². The smallest absolute Gasteiger partial charge is 0.257 e. The van der Waals surface area contributed by atoms with Crippen LogP contribution in [-0.2, 0) is 6.54 Å². The molecule has 0 aliphatic rings. The molecule has 0 atom stereocenters. The number of carbonyl (C=O) groups is 1. The first-order chi connectivity index (χ1) is 12.0. The number of hydrogen-bond acceptors (Lipinski definition) is 2. The third-order valence-electron chi connectivity index (χ3n) is 3.61. The minimum Gasteiger partial charge on any atom is -0.322 e. The lowest BCUT2D eigenvalue weighted by Gasteiger charge is -2.09. The molecular formula is C19H14Cl2N2O2. The lowest BCUT2D eigenvalue weighted by atomic mass is 10.2. The normalized spacial score (nSPS) is 10.5. The van der Waals surface area contributed by atoms with Crippen LogP contribution in [-0.4, -0.2) is 10.5 Å². The molecule has 6 heteroatoms. The van der Waals surface area contributed by atoms with Gasteiger partial charge in [0.05, 0.1) is 12.1 Å². The summed E-state index contributed by atoms with van der Waals surface area (Å²) in [5.41, 5.74) is 1.76. The minimum atomic E-state index is -0.299. The fourth-order valence-electron chi connectivity index (χ4n) is 2.31. The SMILES string of the molecule is O=C(Nc1ccc(Cl)cc1)c1ccc(=O)n(Cc2ccc(Cl)cc2)c1. The van der Waals surface area contributed by atoms with Crippen LogP contribution in [0.4, 0.5) is 5.69 Å². The molecule has 1 amide bonds. The Bertz CT molecular complexity index is 948. The summed E-state index contributed by atoms with van der Waals surface area (Å²) < 4.78 is 1.49. The van der Waals surface area contributed by atoms with Gasteiger partial charge in [-0.25, -0.2) is 0 Å². The molecule has 0 aliphatic carbocycles. The van der Waals surface area contributed by atoms with E-state index in [1.54, 1.807) is 42.6 Å². The molecule has 0 spiro atoms. The first-order valence-corrected chi connectivity index (χ1v) is 8.29. The molecule has 3 rings (SSSR count). The Labute approximate surface area is 154 Å². The largest absolute Gasteiger partial charge is 0.322 e. The fourth-order valence-corrected chi connectivity index (χ4v) is 2.56. The van der Waals surface area contributed by atoms with Crippen molar-refractivity contribution in [2.24, 2.45) is 0 Å². The van der Waals surface area contributed by atoms with Gasteiger partial charge < -0.3 is 9.88 Å². The van der Waals surface area contributed by atoms with Crippen LogP contribution in [0.5, 0.6) is 0 Å². The molecule has 1 aromatic heterocycles. The van der Waals surface area contributed by atoms with Gasteiger partial charge in [-0.1, -0.05) is 35.3 Å². The van der Waals surface area contributed by atoms with Gasteiger partial charge in [0.15, 0.2) is 0 Å². The molecule has 0 saturated carbocycles. The molecule has 0 unspecified atom stereocenters. The van der Waals surface area contributed by atoms with Gasteiger partial charge in [0.25, 0.3) is 11.5 Å². The molecule has 0 bridgehead atoms. The molecule has 1 heterocycles. The van der Waals surface area contributed by atoms with Gasteiger partial charge in [0.1, 0.15) is 0 Å². The highest BCUT2D eigenvalue weighted by Crippen LogP contribution is 2.15. The maximum atomic E-state index is 12.4. The first-order valence-electron chi connectivity index (χ1n) is 7.53. The summed E-state index contributed by atoms with van der Waals surface area (Å²) in [6, 6.07) is 16.9. The Kier molecular flexibility index (Phi) is 5.22. The number of hydrogen-bond donors (Lipinski definition) is 1. The molecular weight excluding hydrogens is 359 g/mol. The van der Waals surface area contributed by atoms with Crippen LogP contribution in [0.3, 0.4) is 0 Å². The van der Waals surface area contributed by atoms with E-state index in [-0.39, 0.29) is 11.5 Å². The van der Waals surface area contributed by atoms with E-state index >= 15 is 0 Å². The van der Waals surface area contributed by atoms with Crippen molar-refractivity contribution in [1.29, 1.82) is 0 Å². The maximum absolute atomic E-state index is 12.4. The van der Waals surface area contributed by atoms with E-state index in [1.807, 2.05) is 12.1 Å². The van der Waals surface area contributed by atoms with Gasteiger partial charge in [-0.05, 0) is 48.0 Å². The predicted molar refractivity (Wildman–Crippen MR) is 101 cm³/mol. The molecule has 4 nitrogen and oxygen atoms in total. The van der Waals surface area contributed by atoms with E-state index in [2.05, 4.69) is 5.32 Å². The van der Waals surface area contributed by atoms with Crippen molar-refractivity contribution in [3.05, 3.63) is 98.4 Å². The first kappa shape index (κ1) is 17.3. The number of nitrogens with zero attached hydrogens (tertiary/aromatic N) is 1. The lowest BCUT2D eigenvalue weighted by Crippen LogP contribution is -2.22. The summed E-state index contributed by atoms with van der Waals surface area (Å²) in [6.07, 6.45) is 1.54. The monoisotopic (exact) mass is 372 g/mol. The standard InChI is InChI=1S/C19H14Cl2N2O2/c20-15-4-1-13(2-5-15)11-23-12-14(3-10-18(23)24)19(25)22-17-8-6-16(21)7-9-17/h1-10,12H,11H2,(H,22,25). The Morgan fingerprint density at radius 2 is 1.48 bits per heavy atom. The van der Waals surface area contributed by atoms with Crippen LogP contribution in [0.1, 0.15) is 15.9 Å². The van der Waals surface area contributed by atoms with Crippen LogP contribution in [0.25, 0.3) is 0 Å². The highest BCUT2D eigenvalue weighted by Gasteiger charge is 2.09. The van der Waals surface area contributed by atoms with E-state index in [4.69, 9.17) is 23.2 Å². The quantitative estimate of drug-likeness (QED) is 0.734. The summed E-state index contributed by atoms with van der Waals surface area (Å²) in [7, 11) is 0. The molecule has 3 aromatic rings. The minimum absolute atomic E-state index is 0.182. The van der Waals surface area contributed by atoms with Crippen molar-refractivity contribution in [2.45, 2.75) is 6.54 Å². The highest BCUT2D eigenvalue weighted by atomic mass is 35.5. The second-order valence-corrected chi connectivity index (χ2v) is 6.34. The van der Waals surface area contributed by atoms with Gasteiger partial charge in [-0.3, -0.25) is 9.59 Å². The summed E-state index contributed by atoms with van der Waals surface area (Å²) in [5, 5.41) is 4.00. The Morgan fingerprint density at radius 3 is 2.12 bits per heavy atom. The lowest BCUT2D eigenvalue weighted by molar-refractivity contribution is 0.102. The van der Waals surface area contributed by atoms with Gasteiger partial charge in [0.2, 0.25) is 0 Å². The van der Waals surface area contributed by atoms with E-state index in [1.165, 1.54) is 16.7 Å². The average Bonchev–Trinajstić information content (AvgIpc) is 2.60. The van der Waals surface area contributed by atoms with Crippen molar-refractivity contribution in [3.63, 3.8) is 0 Å². The van der Waals surface area contributed by atoms with Gasteiger partial charge in [0, 0.05) is 28.0 Å². The number of benzene rings is 2. The number of nitrogens with one attached hydrogen (secondary N) is 1. The number of pyridine rings is 1. The number of halogens is 2. The number of anilines is 1. The van der Waals surface area contributed by atoms with Crippen molar-refractivity contribution >= 4 is 34.8 Å². The molecule has 0 aliphatic heterocycles. The Balaban J connectivity index is 1.80. The van der Waals surface area contributed by atoms with E-state index in [0.29, 0.717) is 27.8 Å². The fraction of sp³-hybridized carbons (Fsp3) is 0.0526. The molecule has 1 N–H and O–H groups in total. The second kappa shape index (κ2) is 7.55. The third-order valence-corrected chi connectivity index (χ3v) is 4.12. The Morgan fingerprint density at radius 1 is 0.880 bits per heavy atom. The van der Waals surface area contributed by atoms with Crippen LogP contribution in [0, 0.1) is 0 Å². The van der Waals surface area contributed by atoms with Crippen LogP contribution >= 0.6 is 23.2 Å². The zero-order valence-electron chi connectivity index (χ0n) is 13.1. The number of amides is 1. The van der Waals surface area contributed by atoms with Crippen molar-refractivity contribution < 1.29 is 4.79 Å². The zero-order chi connectivity index (χ0) is 17.8. The second-order valence-electron chi connectivity index (χ2n) is 5.47. The van der Waals surface area contributed by atoms with Crippen molar-refractivity contribution in [3.8, 4) is 0 Å². The van der Waals surface area contributed by atoms with Crippen LogP contribution < -0.4 is 10.9 Å². The molecule has 0 saturated heterocycles. The van der Waals surface area contributed by atoms with Gasteiger partial charge in [-0.15, -0.1) is 0 Å². The van der Waals surface area contributed by atoms with Crippen LogP contribution in [0.15, 0.2) is 71.7 Å². The van der Waals surface area contributed by atoms with Crippen molar-refractivity contribution in [1.82, 2.24) is 4.57 Å². The summed E-state index contributed by atoms with van der Waals surface area (Å²) in [5.74, 6) is -0.299. The highest BCUT2D eigenvalue weighted by molar-refractivity contribution is 6.30. The zero-order valence-corrected chi connectivity index (χ0v) is 14.6. The van der Waals surface area contributed by atoms with E-state index < -0.39 is 0 Å². The topological polar surface area (TPSA) is 51.1 Å². The summed E-state index contributed by atoms with van der Waals surface area (Å²) >= 11 is 11.7. The molecule has 0 radical (unpaired) electrons. The van der Waals surface area contributed by atoms with E-state index in [9.17, 15) is 9.59 Å². The molecule has 126 valence electrons. The third kappa shape index (κ3) is 4.50. The van der Waals surface area contributed by atoms with E-state index in [0.717, 1.165) is 5.56 Å². The molecule has 2 aromatic carbocycles. The number of carbonyl (C=O) groups excluding carboxylic acids is 1. The number of rotatable bonds is 4. The van der Waals surface area contributed by atoms with Gasteiger partial charge >= 0.3 is 0 Å².